The number of amides is 2. The molecule has 0 saturated carbocycles. The predicted octanol–water partition coefficient (Wildman–Crippen LogP) is 5.09. The van der Waals surface area contributed by atoms with Crippen molar-refractivity contribution < 1.29 is 9.59 Å². The topological polar surface area (TPSA) is 70.2 Å². The SMILES string of the molecule is C=C(CNC(=O)CNC(=O)CSC(c1ccccc1)(c1ccccc1)c1ccccc1)NCC(C)(C)C. The molecule has 0 atom stereocenters. The molecule has 3 N–H and O–H groups in total. The monoisotopic (exact) mass is 515 g/mol. The number of benzene rings is 3. The highest BCUT2D eigenvalue weighted by Gasteiger charge is 2.37. The highest BCUT2D eigenvalue weighted by molar-refractivity contribution is 8.01. The molecular weight excluding hydrogens is 478 g/mol. The molecule has 0 unspecified atom stereocenters. The van der Waals surface area contributed by atoms with Crippen LogP contribution in [0.1, 0.15) is 37.5 Å². The van der Waals surface area contributed by atoms with Gasteiger partial charge in [-0.1, -0.05) is 118 Å². The van der Waals surface area contributed by atoms with Crippen LogP contribution < -0.4 is 16.0 Å². The lowest BCUT2D eigenvalue weighted by atomic mass is 9.84. The van der Waals surface area contributed by atoms with Crippen LogP contribution in [0.3, 0.4) is 0 Å². The van der Waals surface area contributed by atoms with E-state index in [2.05, 4.69) is 79.7 Å². The van der Waals surface area contributed by atoms with Crippen molar-refractivity contribution in [2.75, 3.05) is 25.4 Å². The maximum absolute atomic E-state index is 12.9. The standard InChI is InChI=1S/C31H37N3O2S/c1-24(34-23-30(2,3)4)20-32-28(35)21-33-29(36)22-37-31(25-14-8-5-9-15-25,26-16-10-6-11-17-26)27-18-12-7-13-19-27/h5-19,34H,1,20-23H2,2-4H3,(H,32,35)(H,33,36). The first-order valence-electron chi connectivity index (χ1n) is 12.5. The molecule has 0 aliphatic rings. The molecule has 0 bridgehead atoms. The number of carbonyl (C=O) groups excluding carboxylic acids is 2. The molecule has 0 heterocycles. The summed E-state index contributed by atoms with van der Waals surface area (Å²) in [5.41, 5.74) is 4.12. The van der Waals surface area contributed by atoms with E-state index in [1.807, 2.05) is 54.6 Å². The van der Waals surface area contributed by atoms with Gasteiger partial charge in [-0.15, -0.1) is 11.8 Å². The van der Waals surface area contributed by atoms with E-state index in [0.29, 0.717) is 6.54 Å². The van der Waals surface area contributed by atoms with Crippen LogP contribution in [0, 0.1) is 5.41 Å². The van der Waals surface area contributed by atoms with Gasteiger partial charge in [0.1, 0.15) is 0 Å². The van der Waals surface area contributed by atoms with Crippen molar-refractivity contribution in [1.82, 2.24) is 16.0 Å². The molecule has 194 valence electrons. The zero-order chi connectivity index (χ0) is 26.7. The van der Waals surface area contributed by atoms with Gasteiger partial charge < -0.3 is 16.0 Å². The fourth-order valence-corrected chi connectivity index (χ4v) is 5.25. The molecule has 0 aliphatic carbocycles. The fourth-order valence-electron chi connectivity index (χ4n) is 3.89. The molecule has 5 nitrogen and oxygen atoms in total. The molecule has 3 aromatic carbocycles. The van der Waals surface area contributed by atoms with Crippen LogP contribution in [0.15, 0.2) is 103 Å². The van der Waals surface area contributed by atoms with E-state index in [4.69, 9.17) is 0 Å². The lowest BCUT2D eigenvalue weighted by Gasteiger charge is -2.35. The number of thioether (sulfide) groups is 1. The van der Waals surface area contributed by atoms with Gasteiger partial charge in [0.25, 0.3) is 0 Å². The Morgan fingerprint density at radius 2 is 1.11 bits per heavy atom. The first-order chi connectivity index (χ1) is 17.7. The van der Waals surface area contributed by atoms with Crippen molar-refractivity contribution in [2.24, 2.45) is 5.41 Å². The van der Waals surface area contributed by atoms with E-state index >= 15 is 0 Å². The summed E-state index contributed by atoms with van der Waals surface area (Å²) in [6.45, 7) is 11.3. The predicted molar refractivity (Wildman–Crippen MR) is 154 cm³/mol. The molecular formula is C31H37N3O2S. The molecule has 0 spiro atoms. The van der Waals surface area contributed by atoms with Crippen molar-refractivity contribution in [3.8, 4) is 0 Å². The van der Waals surface area contributed by atoms with E-state index in [1.165, 1.54) is 0 Å². The molecule has 3 rings (SSSR count). The minimum Gasteiger partial charge on any atom is -0.387 e. The quantitative estimate of drug-likeness (QED) is 0.294. The Hall–Kier alpha value is -3.51. The van der Waals surface area contributed by atoms with Crippen LogP contribution >= 0.6 is 11.8 Å². The number of rotatable bonds is 12. The van der Waals surface area contributed by atoms with Crippen LogP contribution in [0.5, 0.6) is 0 Å². The zero-order valence-corrected chi connectivity index (χ0v) is 22.7. The molecule has 2 amide bonds. The Morgan fingerprint density at radius 1 is 0.676 bits per heavy atom. The second-order valence-electron chi connectivity index (χ2n) is 10.1. The van der Waals surface area contributed by atoms with Crippen molar-refractivity contribution in [2.45, 2.75) is 25.5 Å². The van der Waals surface area contributed by atoms with Crippen LogP contribution in [-0.4, -0.2) is 37.2 Å². The fraction of sp³-hybridized carbons (Fsp3) is 0.290. The number of hydrogen-bond acceptors (Lipinski definition) is 4. The van der Waals surface area contributed by atoms with Crippen LogP contribution in [0.4, 0.5) is 0 Å². The Kier molecular flexibility index (Phi) is 9.98. The van der Waals surface area contributed by atoms with Gasteiger partial charge in [0, 0.05) is 12.2 Å². The van der Waals surface area contributed by atoms with Gasteiger partial charge in [0.05, 0.1) is 23.6 Å². The van der Waals surface area contributed by atoms with Crippen molar-refractivity contribution >= 4 is 23.6 Å². The van der Waals surface area contributed by atoms with E-state index in [1.54, 1.807) is 11.8 Å². The summed E-state index contributed by atoms with van der Waals surface area (Å²) >= 11 is 1.55. The minimum atomic E-state index is -0.583. The molecule has 0 fully saturated rings. The highest BCUT2D eigenvalue weighted by Crippen LogP contribution is 2.48. The highest BCUT2D eigenvalue weighted by atomic mass is 32.2. The van der Waals surface area contributed by atoms with Crippen molar-refractivity contribution in [3.05, 3.63) is 120 Å². The summed E-state index contributed by atoms with van der Waals surface area (Å²) in [5, 5.41) is 8.80. The second kappa shape index (κ2) is 13.2. The van der Waals surface area contributed by atoms with Gasteiger partial charge in [-0.3, -0.25) is 9.59 Å². The molecule has 0 aromatic heterocycles. The molecule has 0 saturated heterocycles. The minimum absolute atomic E-state index is 0.0824. The van der Waals surface area contributed by atoms with Crippen LogP contribution in [-0.2, 0) is 14.3 Å². The van der Waals surface area contributed by atoms with Crippen molar-refractivity contribution in [3.63, 3.8) is 0 Å². The largest absolute Gasteiger partial charge is 0.387 e. The van der Waals surface area contributed by atoms with Gasteiger partial charge >= 0.3 is 0 Å². The maximum Gasteiger partial charge on any atom is 0.239 e. The molecule has 6 heteroatoms. The smallest absolute Gasteiger partial charge is 0.239 e. The Morgan fingerprint density at radius 3 is 1.54 bits per heavy atom. The number of hydrogen-bond donors (Lipinski definition) is 3. The van der Waals surface area contributed by atoms with Gasteiger partial charge in [0.15, 0.2) is 0 Å². The average Bonchev–Trinajstić information content (AvgIpc) is 2.91. The summed E-state index contributed by atoms with van der Waals surface area (Å²) in [6.07, 6.45) is 0. The van der Waals surface area contributed by atoms with E-state index in [0.717, 1.165) is 28.9 Å². The Labute approximate surface area is 225 Å². The van der Waals surface area contributed by atoms with Gasteiger partial charge in [0.2, 0.25) is 11.8 Å². The van der Waals surface area contributed by atoms with Gasteiger partial charge in [-0.25, -0.2) is 0 Å². The number of carbonyl (C=O) groups is 2. The average molecular weight is 516 g/mol. The first kappa shape index (κ1) is 28.1. The Balaban J connectivity index is 1.67. The summed E-state index contributed by atoms with van der Waals surface area (Å²) in [6, 6.07) is 30.7. The molecule has 37 heavy (non-hydrogen) atoms. The Bertz CT molecular complexity index is 1060. The summed E-state index contributed by atoms with van der Waals surface area (Å²) in [7, 11) is 0. The summed E-state index contributed by atoms with van der Waals surface area (Å²) in [5.74, 6) is -0.263. The lowest BCUT2D eigenvalue weighted by Crippen LogP contribution is -2.40. The van der Waals surface area contributed by atoms with Crippen molar-refractivity contribution in [1.29, 1.82) is 0 Å². The summed E-state index contributed by atoms with van der Waals surface area (Å²) in [4.78, 5) is 25.2. The third-order valence-electron chi connectivity index (χ3n) is 5.77. The van der Waals surface area contributed by atoms with E-state index in [-0.39, 0.29) is 29.5 Å². The zero-order valence-electron chi connectivity index (χ0n) is 21.9. The molecule has 0 radical (unpaired) electrons. The van der Waals surface area contributed by atoms with E-state index in [9.17, 15) is 9.59 Å². The van der Waals surface area contributed by atoms with Crippen LogP contribution in [0.2, 0.25) is 0 Å². The second-order valence-corrected chi connectivity index (χ2v) is 11.3. The third-order valence-corrected chi connectivity index (χ3v) is 7.32. The lowest BCUT2D eigenvalue weighted by molar-refractivity contribution is -0.124. The van der Waals surface area contributed by atoms with Crippen LogP contribution in [0.25, 0.3) is 0 Å². The van der Waals surface area contributed by atoms with E-state index < -0.39 is 4.75 Å². The maximum atomic E-state index is 12.9. The summed E-state index contributed by atoms with van der Waals surface area (Å²) < 4.78 is -0.583. The first-order valence-corrected chi connectivity index (χ1v) is 13.4. The number of nitrogens with one attached hydrogen (secondary N) is 3. The van der Waals surface area contributed by atoms with Gasteiger partial charge in [-0.05, 0) is 22.1 Å². The third kappa shape index (κ3) is 8.25. The molecule has 3 aromatic rings. The van der Waals surface area contributed by atoms with Gasteiger partial charge in [-0.2, -0.15) is 0 Å². The normalized spacial score (nSPS) is 11.4. The molecule has 0 aliphatic heterocycles.